The highest BCUT2D eigenvalue weighted by atomic mass is 15.3. The highest BCUT2D eigenvalue weighted by molar-refractivity contribution is 6.20. The first-order chi connectivity index (χ1) is 39.6. The number of benzene rings is 10. The molecule has 0 amide bonds. The van der Waals surface area contributed by atoms with Crippen LogP contribution in [0.25, 0.3) is 54.9 Å². The lowest BCUT2D eigenvalue weighted by Crippen LogP contribution is -2.65. The van der Waals surface area contributed by atoms with Crippen molar-refractivity contribution in [3.05, 3.63) is 252 Å². The Morgan fingerprint density at radius 2 is 0.699 bits per heavy atom. The zero-order valence-corrected chi connectivity index (χ0v) is 51.0. The smallest absolute Gasteiger partial charge is 0.0720 e. The van der Waals surface area contributed by atoms with Gasteiger partial charge in [-0.05, 0) is 210 Å². The molecular weight excluding hydrogens is 1000 g/mol. The Labute approximate surface area is 494 Å². The fourth-order valence-corrected chi connectivity index (χ4v) is 20.2. The lowest BCUT2D eigenvalue weighted by atomic mass is 9.45. The van der Waals surface area contributed by atoms with Crippen LogP contribution in [0.15, 0.2) is 218 Å². The quantitative estimate of drug-likeness (QED) is 0.153. The largest absolute Gasteiger partial charge is 0.334 e. The minimum absolute atomic E-state index is 0.0190. The number of nitrogens with zero attached hydrogens (tertiary/aromatic N) is 2. The fraction of sp³-hybridized carbons (Fsp3) is 0.309. The number of para-hydroxylation sites is 2. The molecule has 10 aromatic rings. The molecule has 2 saturated carbocycles. The van der Waals surface area contributed by atoms with E-state index >= 15 is 0 Å². The fourth-order valence-electron chi connectivity index (χ4n) is 20.2. The molecule has 0 radical (unpaired) electrons. The minimum atomic E-state index is -0.636. The van der Waals surface area contributed by atoms with Crippen LogP contribution < -0.4 is 9.80 Å². The van der Waals surface area contributed by atoms with Crippen LogP contribution in [0.4, 0.5) is 22.7 Å². The second-order valence-electron chi connectivity index (χ2n) is 29.7. The van der Waals surface area contributed by atoms with E-state index in [1.807, 2.05) is 0 Å². The molecule has 2 fully saturated rings. The third-order valence-corrected chi connectivity index (χ3v) is 23.1. The summed E-state index contributed by atoms with van der Waals surface area (Å²) in [5.41, 5.74) is 20.3. The van der Waals surface area contributed by atoms with Gasteiger partial charge in [-0.2, -0.15) is 0 Å². The Morgan fingerprint density at radius 3 is 1.17 bits per heavy atom. The van der Waals surface area contributed by atoms with Crippen molar-refractivity contribution < 1.29 is 0 Å². The molecule has 0 bridgehead atoms. The number of hydrogen-bond acceptors (Lipinski definition) is 2. The van der Waals surface area contributed by atoms with Gasteiger partial charge in [-0.25, -0.2) is 0 Å². The maximum Gasteiger partial charge on any atom is 0.0720 e. The summed E-state index contributed by atoms with van der Waals surface area (Å²) in [5, 5.41) is 5.18. The molecule has 3 aliphatic carbocycles. The Morgan fingerprint density at radius 1 is 0.313 bits per heavy atom. The van der Waals surface area contributed by atoms with Gasteiger partial charge in [0.05, 0.1) is 16.5 Å². The van der Waals surface area contributed by atoms with Crippen LogP contribution in [-0.2, 0) is 16.2 Å². The number of rotatable bonds is 6. The summed E-state index contributed by atoms with van der Waals surface area (Å²) in [6.07, 6.45) is 4.53. The van der Waals surface area contributed by atoms with Gasteiger partial charge in [0, 0.05) is 33.6 Å². The predicted octanol–water partition coefficient (Wildman–Crippen LogP) is 21.7. The van der Waals surface area contributed by atoms with E-state index in [2.05, 4.69) is 311 Å². The summed E-state index contributed by atoms with van der Waals surface area (Å²) in [6, 6.07) is 84.6. The maximum absolute atomic E-state index is 2.73. The molecule has 5 aliphatic rings. The van der Waals surface area contributed by atoms with Crippen LogP contribution in [0.1, 0.15) is 142 Å². The second kappa shape index (κ2) is 17.2. The lowest BCUT2D eigenvalue weighted by molar-refractivity contribution is -0.0239. The summed E-state index contributed by atoms with van der Waals surface area (Å²) < 4.78 is 0. The van der Waals surface area contributed by atoms with Crippen molar-refractivity contribution in [1.82, 2.24) is 0 Å². The lowest BCUT2D eigenvalue weighted by Gasteiger charge is -2.62. The third kappa shape index (κ3) is 6.79. The first kappa shape index (κ1) is 52.1. The highest BCUT2D eigenvalue weighted by Gasteiger charge is 2.69. The number of hydrogen-bond donors (Lipinski definition) is 0. The van der Waals surface area contributed by atoms with E-state index in [-0.39, 0.29) is 43.6 Å². The summed E-state index contributed by atoms with van der Waals surface area (Å²) >= 11 is 0. The molecule has 0 aromatic heterocycles. The van der Waals surface area contributed by atoms with Crippen molar-refractivity contribution in [1.29, 1.82) is 0 Å². The Bertz CT molecular complexity index is 4240. The summed E-state index contributed by atoms with van der Waals surface area (Å²) in [5.74, 6) is 0. The van der Waals surface area contributed by atoms with Crippen molar-refractivity contribution >= 4 is 44.3 Å². The number of fused-ring (bicyclic) bond motifs is 14. The van der Waals surface area contributed by atoms with E-state index in [0.717, 1.165) is 25.7 Å². The van der Waals surface area contributed by atoms with E-state index in [0.29, 0.717) is 0 Å². The van der Waals surface area contributed by atoms with Gasteiger partial charge in [-0.15, -0.1) is 0 Å². The standard InChI is InChI=1S/C81H80N2/c1-73(2)49-75(5,6)79(11)67-47-55(39-43-69(67)82(77(79,9)51-73)59-31-21-15-22-32-59)53-37-41-63-65(45-53)61-35-25-26-36-62(61)71-64-42-38-54(46-66(64)81(72(63)71,57-27-17-13-18-28-57)58-29-19-14-20-30-58)56-40-44-70-68(48-56)80(12)76(7,8)50-74(3,4)52-78(80,10)83(70)60-33-23-16-24-34-60/h13-48H,49-52H2,1-12H3. The van der Waals surface area contributed by atoms with Crippen molar-refractivity contribution in [2.75, 3.05) is 9.80 Å². The summed E-state index contributed by atoms with van der Waals surface area (Å²) in [7, 11) is 0. The molecule has 83 heavy (non-hydrogen) atoms. The molecule has 4 unspecified atom stereocenters. The monoisotopic (exact) mass is 1080 g/mol. The van der Waals surface area contributed by atoms with Crippen molar-refractivity contribution in [2.24, 2.45) is 21.7 Å². The van der Waals surface area contributed by atoms with E-state index in [1.54, 1.807) is 0 Å². The Kier molecular flexibility index (Phi) is 10.8. The van der Waals surface area contributed by atoms with Crippen molar-refractivity contribution in [2.45, 2.75) is 136 Å². The minimum Gasteiger partial charge on any atom is -0.334 e. The first-order valence-electron chi connectivity index (χ1n) is 30.8. The molecule has 10 aromatic carbocycles. The van der Waals surface area contributed by atoms with Crippen molar-refractivity contribution in [3.63, 3.8) is 0 Å². The Balaban J connectivity index is 0.949. The normalized spacial score (nSPS) is 25.3. The zero-order chi connectivity index (χ0) is 57.5. The zero-order valence-electron chi connectivity index (χ0n) is 51.0. The number of anilines is 4. The van der Waals surface area contributed by atoms with E-state index in [1.165, 1.54) is 111 Å². The molecule has 0 spiro atoms. The molecule has 2 heteroatoms. The molecule has 2 nitrogen and oxygen atoms in total. The van der Waals surface area contributed by atoms with Crippen LogP contribution in [-0.4, -0.2) is 11.1 Å². The van der Waals surface area contributed by atoms with Gasteiger partial charge in [-0.3, -0.25) is 0 Å². The molecule has 0 N–H and O–H groups in total. The average molecular weight is 1080 g/mol. The van der Waals surface area contributed by atoms with Crippen LogP contribution in [0.3, 0.4) is 0 Å². The SMILES string of the molecule is CC1(C)CC(C)(C)C2(C)c3cc(-c4ccc5c(c4)C(c4ccccc4)(c4ccccc4)c4c-5c5ccccc5c5cc(-c6ccc7c(c6)C6(C)C(C)(C)CC(C)(C)CC6(C)N7c6ccccc6)ccc45)ccc3N(c3ccccc3)C2(C)C1. The first-order valence-corrected chi connectivity index (χ1v) is 30.8. The highest BCUT2D eigenvalue weighted by Crippen LogP contribution is 2.72. The van der Waals surface area contributed by atoms with E-state index in [9.17, 15) is 0 Å². The van der Waals surface area contributed by atoms with Crippen LogP contribution >= 0.6 is 0 Å². The van der Waals surface area contributed by atoms with Gasteiger partial charge in [0.2, 0.25) is 0 Å². The molecule has 0 saturated heterocycles. The molecule has 15 rings (SSSR count). The van der Waals surface area contributed by atoms with Gasteiger partial charge in [-0.1, -0.05) is 227 Å². The van der Waals surface area contributed by atoms with Gasteiger partial charge in [0.1, 0.15) is 0 Å². The molecule has 2 aliphatic heterocycles. The van der Waals surface area contributed by atoms with Crippen LogP contribution in [0.2, 0.25) is 0 Å². The van der Waals surface area contributed by atoms with Gasteiger partial charge < -0.3 is 9.80 Å². The average Bonchev–Trinajstić information content (AvgIpc) is 1.77. The Hall–Kier alpha value is -7.68. The van der Waals surface area contributed by atoms with Gasteiger partial charge >= 0.3 is 0 Å². The van der Waals surface area contributed by atoms with Gasteiger partial charge in [0.15, 0.2) is 0 Å². The molecule has 2 heterocycles. The van der Waals surface area contributed by atoms with E-state index < -0.39 is 5.41 Å². The summed E-state index contributed by atoms with van der Waals surface area (Å²) in [4.78, 5) is 5.45. The molecular formula is C81H80N2. The van der Waals surface area contributed by atoms with E-state index in [4.69, 9.17) is 0 Å². The second-order valence-corrected chi connectivity index (χ2v) is 29.7. The van der Waals surface area contributed by atoms with Crippen molar-refractivity contribution in [3.8, 4) is 33.4 Å². The van der Waals surface area contributed by atoms with Crippen LogP contribution in [0.5, 0.6) is 0 Å². The maximum atomic E-state index is 2.73. The summed E-state index contributed by atoms with van der Waals surface area (Å²) in [6.45, 7) is 30.5. The van der Waals surface area contributed by atoms with Crippen LogP contribution in [0, 0.1) is 21.7 Å². The predicted molar refractivity (Wildman–Crippen MR) is 352 cm³/mol. The van der Waals surface area contributed by atoms with Gasteiger partial charge in [0.25, 0.3) is 0 Å². The third-order valence-electron chi connectivity index (χ3n) is 23.1. The molecule has 4 atom stereocenters. The topological polar surface area (TPSA) is 6.48 Å². The molecule has 414 valence electrons.